The molecule has 1 aliphatic rings. The van der Waals surface area contributed by atoms with Crippen LogP contribution in [0.2, 0.25) is 0 Å². The van der Waals surface area contributed by atoms with Crippen molar-refractivity contribution in [3.63, 3.8) is 0 Å². The molecule has 1 fully saturated rings. The van der Waals surface area contributed by atoms with Crippen molar-refractivity contribution < 1.29 is 22.7 Å². The summed E-state index contributed by atoms with van der Waals surface area (Å²) in [4.78, 5) is 30.6. The number of ether oxygens (including phenoxy) is 1. The summed E-state index contributed by atoms with van der Waals surface area (Å²) in [7, 11) is -2.04. The Bertz CT molecular complexity index is 1120. The van der Waals surface area contributed by atoms with Crippen molar-refractivity contribution >= 4 is 33.3 Å². The maximum Gasteiger partial charge on any atom is 0.243 e. The van der Waals surface area contributed by atoms with E-state index >= 15 is 0 Å². The molecule has 1 aromatic carbocycles. The molecule has 0 atom stereocenters. The predicted molar refractivity (Wildman–Crippen MR) is 124 cm³/mol. The van der Waals surface area contributed by atoms with E-state index in [4.69, 9.17) is 4.74 Å². The van der Waals surface area contributed by atoms with Crippen LogP contribution in [0.5, 0.6) is 0 Å². The van der Waals surface area contributed by atoms with Gasteiger partial charge in [0.05, 0.1) is 31.2 Å². The van der Waals surface area contributed by atoms with E-state index in [1.807, 2.05) is 13.0 Å². The van der Waals surface area contributed by atoms with Crippen LogP contribution < -0.4 is 10.6 Å². The fourth-order valence-corrected chi connectivity index (χ4v) is 5.08. The highest BCUT2D eigenvalue weighted by atomic mass is 32.2. The second kappa shape index (κ2) is 10.8. The molecule has 2 heterocycles. The normalized spacial score (nSPS) is 14.8. The topological polar surface area (TPSA) is 121 Å². The summed E-state index contributed by atoms with van der Waals surface area (Å²) in [6.07, 6.45) is 0. The Morgan fingerprint density at radius 2 is 1.73 bits per heavy atom. The van der Waals surface area contributed by atoms with E-state index in [1.165, 1.54) is 10.4 Å². The third kappa shape index (κ3) is 6.81. The molecule has 178 valence electrons. The number of aryl methyl sites for hydroxylation is 2. The van der Waals surface area contributed by atoms with Crippen LogP contribution in [0.3, 0.4) is 0 Å². The van der Waals surface area contributed by atoms with E-state index < -0.39 is 10.0 Å². The Morgan fingerprint density at radius 3 is 2.39 bits per heavy atom. The van der Waals surface area contributed by atoms with Crippen LogP contribution in [-0.4, -0.2) is 80.9 Å². The SMILES string of the molecule is Cc1cccc(NC(=O)CN(C)CC(=O)Nc2ccc(C)c(S(=O)(=O)N3CCOCC3)c2)n1. The van der Waals surface area contributed by atoms with Gasteiger partial charge in [0.15, 0.2) is 0 Å². The van der Waals surface area contributed by atoms with E-state index in [1.54, 1.807) is 43.1 Å². The lowest BCUT2D eigenvalue weighted by Crippen LogP contribution is -2.40. The lowest BCUT2D eigenvalue weighted by atomic mass is 10.2. The van der Waals surface area contributed by atoms with Gasteiger partial charge in [-0.3, -0.25) is 14.5 Å². The summed E-state index contributed by atoms with van der Waals surface area (Å²) < 4.78 is 32.7. The number of rotatable bonds is 8. The molecule has 10 nitrogen and oxygen atoms in total. The summed E-state index contributed by atoms with van der Waals surface area (Å²) in [6, 6.07) is 10.1. The molecule has 0 radical (unpaired) electrons. The molecule has 1 aromatic heterocycles. The van der Waals surface area contributed by atoms with Gasteiger partial charge in [-0.1, -0.05) is 12.1 Å². The Kier molecular flexibility index (Phi) is 8.14. The van der Waals surface area contributed by atoms with Crippen molar-refractivity contribution in [1.82, 2.24) is 14.2 Å². The highest BCUT2D eigenvalue weighted by molar-refractivity contribution is 7.89. The number of amides is 2. The highest BCUT2D eigenvalue weighted by Crippen LogP contribution is 2.24. The number of hydrogen-bond acceptors (Lipinski definition) is 7. The second-order valence-corrected chi connectivity index (χ2v) is 9.84. The first-order valence-electron chi connectivity index (χ1n) is 10.6. The summed E-state index contributed by atoms with van der Waals surface area (Å²) >= 11 is 0. The molecule has 0 aliphatic carbocycles. The largest absolute Gasteiger partial charge is 0.379 e. The Hall–Kier alpha value is -2.86. The summed E-state index contributed by atoms with van der Waals surface area (Å²) in [5.74, 6) is -0.207. The summed E-state index contributed by atoms with van der Waals surface area (Å²) in [5.41, 5.74) is 1.76. The fourth-order valence-electron chi connectivity index (χ4n) is 3.42. The summed E-state index contributed by atoms with van der Waals surface area (Å²) in [6.45, 7) is 4.79. The lowest BCUT2D eigenvalue weighted by molar-refractivity contribution is -0.119. The number of sulfonamides is 1. The molecule has 0 bridgehead atoms. The molecule has 2 N–H and O–H groups in total. The van der Waals surface area contributed by atoms with E-state index in [0.717, 1.165) is 5.69 Å². The van der Waals surface area contributed by atoms with Crippen LogP contribution in [0.15, 0.2) is 41.3 Å². The number of hydrogen-bond donors (Lipinski definition) is 2. The van der Waals surface area contributed by atoms with E-state index in [2.05, 4.69) is 15.6 Å². The summed E-state index contributed by atoms with van der Waals surface area (Å²) in [5, 5.41) is 5.41. The van der Waals surface area contributed by atoms with Gasteiger partial charge in [0.1, 0.15) is 5.82 Å². The van der Waals surface area contributed by atoms with Gasteiger partial charge in [-0.25, -0.2) is 13.4 Å². The van der Waals surface area contributed by atoms with Crippen LogP contribution in [0.25, 0.3) is 0 Å². The molecule has 0 saturated carbocycles. The van der Waals surface area contributed by atoms with Crippen LogP contribution in [0.1, 0.15) is 11.3 Å². The zero-order chi connectivity index (χ0) is 24.0. The number of likely N-dealkylation sites (N-methyl/N-ethyl adjacent to an activating group) is 1. The van der Waals surface area contributed by atoms with Crippen molar-refractivity contribution in [3.8, 4) is 0 Å². The molecule has 0 unspecified atom stereocenters. The molecule has 11 heteroatoms. The molecular formula is C22H29N5O5S. The Balaban J connectivity index is 1.58. The van der Waals surface area contributed by atoms with E-state index in [9.17, 15) is 18.0 Å². The number of morpholine rings is 1. The van der Waals surface area contributed by atoms with Crippen LogP contribution >= 0.6 is 0 Å². The number of aromatic nitrogens is 1. The smallest absolute Gasteiger partial charge is 0.243 e. The first-order chi connectivity index (χ1) is 15.6. The maximum atomic E-state index is 13.0. The monoisotopic (exact) mass is 475 g/mol. The Labute approximate surface area is 194 Å². The number of pyridine rings is 1. The number of benzene rings is 1. The predicted octanol–water partition coefficient (Wildman–Crippen LogP) is 1.23. The molecule has 2 amide bonds. The van der Waals surface area contributed by atoms with Gasteiger partial charge < -0.3 is 15.4 Å². The van der Waals surface area contributed by atoms with Crippen molar-refractivity contribution in [2.24, 2.45) is 0 Å². The zero-order valence-electron chi connectivity index (χ0n) is 19.0. The zero-order valence-corrected chi connectivity index (χ0v) is 19.8. The van der Waals surface area contributed by atoms with Gasteiger partial charge in [0.2, 0.25) is 21.8 Å². The van der Waals surface area contributed by atoms with Crippen LogP contribution in [-0.2, 0) is 24.3 Å². The number of carbonyl (C=O) groups excluding carboxylic acids is 2. The standard InChI is InChI=1S/C22H29N5O5S/c1-16-7-8-18(13-19(16)33(30,31)27-9-11-32-12-10-27)24-21(28)14-26(3)15-22(29)25-20-6-4-5-17(2)23-20/h4-8,13H,9-12,14-15H2,1-3H3,(H,24,28)(H,23,25,29). The molecular weight excluding hydrogens is 446 g/mol. The Morgan fingerprint density at radius 1 is 1.06 bits per heavy atom. The number of nitrogens with zero attached hydrogens (tertiary/aromatic N) is 3. The van der Waals surface area contributed by atoms with Gasteiger partial charge in [-0.05, 0) is 50.7 Å². The first kappa shape index (κ1) is 24.8. The molecule has 2 aromatic rings. The lowest BCUT2D eigenvalue weighted by Gasteiger charge is -2.27. The number of nitrogens with one attached hydrogen (secondary N) is 2. The second-order valence-electron chi connectivity index (χ2n) is 7.93. The van der Waals surface area contributed by atoms with Crippen molar-refractivity contribution in [2.75, 3.05) is 57.1 Å². The number of anilines is 2. The first-order valence-corrected chi connectivity index (χ1v) is 12.0. The molecule has 1 saturated heterocycles. The minimum absolute atomic E-state index is 0.00635. The van der Waals surface area contributed by atoms with E-state index in [-0.39, 0.29) is 29.8 Å². The van der Waals surface area contributed by atoms with Crippen LogP contribution in [0, 0.1) is 13.8 Å². The quantitative estimate of drug-likeness (QED) is 0.589. The molecule has 1 aliphatic heterocycles. The third-order valence-electron chi connectivity index (χ3n) is 5.04. The highest BCUT2D eigenvalue weighted by Gasteiger charge is 2.28. The minimum atomic E-state index is -3.69. The van der Waals surface area contributed by atoms with Gasteiger partial charge in [-0.2, -0.15) is 4.31 Å². The van der Waals surface area contributed by atoms with Crippen molar-refractivity contribution in [3.05, 3.63) is 47.7 Å². The molecule has 0 spiro atoms. The number of carbonyl (C=O) groups is 2. The van der Waals surface area contributed by atoms with Crippen molar-refractivity contribution in [1.29, 1.82) is 0 Å². The van der Waals surface area contributed by atoms with Crippen LogP contribution in [0.4, 0.5) is 11.5 Å². The molecule has 33 heavy (non-hydrogen) atoms. The van der Waals surface area contributed by atoms with E-state index in [0.29, 0.717) is 43.4 Å². The van der Waals surface area contributed by atoms with Gasteiger partial charge in [0.25, 0.3) is 0 Å². The molecule has 3 rings (SSSR count). The average molecular weight is 476 g/mol. The third-order valence-corrected chi connectivity index (χ3v) is 7.08. The van der Waals surface area contributed by atoms with Gasteiger partial charge in [-0.15, -0.1) is 0 Å². The fraction of sp³-hybridized carbons (Fsp3) is 0.409. The minimum Gasteiger partial charge on any atom is -0.379 e. The van der Waals surface area contributed by atoms with Gasteiger partial charge in [0, 0.05) is 24.5 Å². The van der Waals surface area contributed by atoms with Crippen molar-refractivity contribution in [2.45, 2.75) is 18.7 Å². The van der Waals surface area contributed by atoms with Gasteiger partial charge >= 0.3 is 0 Å². The maximum absolute atomic E-state index is 13.0. The average Bonchev–Trinajstić information content (AvgIpc) is 2.75.